The molecule has 0 unspecified atom stereocenters. The van der Waals surface area contributed by atoms with E-state index in [0.29, 0.717) is 0 Å². The van der Waals surface area contributed by atoms with Gasteiger partial charge in [-0.25, -0.2) is 16.8 Å². The van der Waals surface area contributed by atoms with Gasteiger partial charge in [-0.05, 0) is 0 Å². The average molecular weight is 354 g/mol. The summed E-state index contributed by atoms with van der Waals surface area (Å²) in [6.45, 7) is 0. The molecule has 10 N–H and O–H groups in total. The van der Waals surface area contributed by atoms with Crippen molar-refractivity contribution >= 4 is 31.0 Å². The van der Waals surface area contributed by atoms with Crippen LogP contribution >= 0.6 is 0 Å². The molecule has 2 rings (SSSR count). The smallest absolute Gasteiger partial charge is 0.142 e. The highest BCUT2D eigenvalue weighted by Crippen LogP contribution is 2.43. The Balaban J connectivity index is 0.00000220. The van der Waals surface area contributed by atoms with Crippen molar-refractivity contribution in [2.24, 2.45) is 0 Å². The third-order valence-corrected chi connectivity index (χ3v) is 4.50. The topological polar surface area (TPSA) is 228 Å². The Hall–Kier alpha value is -1.96. The molecule has 22 heavy (non-hydrogen) atoms. The summed E-state index contributed by atoms with van der Waals surface area (Å²) in [5, 5.41) is 19.0. The number of aromatic hydroxyl groups is 2. The van der Waals surface area contributed by atoms with Gasteiger partial charge in [0.25, 0.3) is 0 Å². The largest absolute Gasteiger partial charge is 0.744 e. The first-order chi connectivity index (χ1) is 9.05. The van der Waals surface area contributed by atoms with Crippen LogP contribution in [0.5, 0.6) is 11.5 Å². The maximum Gasteiger partial charge on any atom is 0.142 e. The van der Waals surface area contributed by atoms with Crippen LogP contribution in [0.15, 0.2) is 34.1 Å². The molecule has 0 fully saturated rings. The zero-order chi connectivity index (χ0) is 15.3. The lowest BCUT2D eigenvalue weighted by Gasteiger charge is -2.20. The van der Waals surface area contributed by atoms with Gasteiger partial charge in [-0.3, -0.25) is 0 Å². The highest BCUT2D eigenvalue weighted by Gasteiger charge is 2.26. The van der Waals surface area contributed by atoms with E-state index in [1.165, 1.54) is 12.1 Å². The molecule has 0 aliphatic rings. The molecule has 2 aromatic carbocycles. The number of benzene rings is 2. The predicted molar refractivity (Wildman–Crippen MR) is 75.2 cm³/mol. The molecule has 0 spiro atoms. The van der Waals surface area contributed by atoms with Crippen molar-refractivity contribution in [1.82, 2.24) is 12.3 Å². The predicted octanol–water partition coefficient (Wildman–Crippen LogP) is 0.812. The number of hydrogen-bond donors (Lipinski definition) is 4. The fourth-order valence-corrected chi connectivity index (χ4v) is 3.77. The van der Waals surface area contributed by atoms with Gasteiger partial charge in [0.15, 0.2) is 0 Å². The number of rotatable bonds is 2. The van der Waals surface area contributed by atoms with Crippen molar-refractivity contribution in [3.8, 4) is 11.5 Å². The zero-order valence-electron chi connectivity index (χ0n) is 11.5. The van der Waals surface area contributed by atoms with Crippen LogP contribution in [0.25, 0.3) is 10.8 Å². The molecule has 0 saturated carbocycles. The van der Waals surface area contributed by atoms with Gasteiger partial charge in [0.2, 0.25) is 0 Å². The summed E-state index contributed by atoms with van der Waals surface area (Å²) in [5.74, 6) is -2.38. The Morgan fingerprint density at radius 2 is 1.00 bits per heavy atom. The van der Waals surface area contributed by atoms with Crippen molar-refractivity contribution in [3.05, 3.63) is 24.3 Å². The second-order valence-electron chi connectivity index (χ2n) is 3.81. The summed E-state index contributed by atoms with van der Waals surface area (Å²) < 4.78 is 66.5. The monoisotopic (exact) mass is 354 g/mol. The third kappa shape index (κ3) is 3.11. The van der Waals surface area contributed by atoms with E-state index in [1.807, 2.05) is 0 Å². The molecular weight excluding hydrogens is 340 g/mol. The van der Waals surface area contributed by atoms with Crippen LogP contribution in [-0.4, -0.2) is 36.2 Å². The van der Waals surface area contributed by atoms with Crippen molar-refractivity contribution in [2.75, 3.05) is 0 Å². The molecule has 0 aliphatic heterocycles. The van der Waals surface area contributed by atoms with E-state index in [0.717, 1.165) is 12.1 Å². The maximum absolute atomic E-state index is 11.1. The molecule has 0 radical (unpaired) electrons. The molecule has 0 amide bonds. The number of fused-ring (bicyclic) bond motifs is 1. The van der Waals surface area contributed by atoms with Crippen LogP contribution < -0.4 is 12.3 Å². The maximum atomic E-state index is 11.1. The average Bonchev–Trinajstić information content (AvgIpc) is 2.30. The van der Waals surface area contributed by atoms with E-state index in [4.69, 9.17) is 0 Å². The van der Waals surface area contributed by atoms with Crippen LogP contribution in [-0.2, 0) is 20.2 Å². The summed E-state index contributed by atoms with van der Waals surface area (Å²) in [6.07, 6.45) is 0. The van der Waals surface area contributed by atoms with E-state index in [9.17, 15) is 36.2 Å². The van der Waals surface area contributed by atoms with Crippen molar-refractivity contribution in [3.63, 3.8) is 0 Å². The van der Waals surface area contributed by atoms with E-state index in [-0.39, 0.29) is 23.1 Å². The van der Waals surface area contributed by atoms with Crippen LogP contribution in [0.4, 0.5) is 0 Å². The second-order valence-corrected chi connectivity index (χ2v) is 6.44. The minimum atomic E-state index is -5.50. The number of hydrogen-bond acceptors (Lipinski definition) is 8. The summed E-state index contributed by atoms with van der Waals surface area (Å²) in [7, 11) is -11.0. The summed E-state index contributed by atoms with van der Waals surface area (Å²) in [6, 6.07) is 5.02. The van der Waals surface area contributed by atoms with E-state index in [2.05, 4.69) is 0 Å². The Morgan fingerprint density at radius 3 is 1.23 bits per heavy atom. The Kier molecular flexibility index (Phi) is 5.50. The molecule has 10 nitrogen and oxygen atoms in total. The first-order valence-electron chi connectivity index (χ1n) is 4.93. The molecule has 0 heterocycles. The van der Waals surface area contributed by atoms with Gasteiger partial charge < -0.3 is 31.6 Å². The number of phenols is 2. The highest BCUT2D eigenvalue weighted by atomic mass is 32.2. The molecule has 0 saturated heterocycles. The van der Waals surface area contributed by atoms with Gasteiger partial charge in [0, 0.05) is 10.8 Å². The van der Waals surface area contributed by atoms with Crippen molar-refractivity contribution in [1.29, 1.82) is 0 Å². The minimum absolute atomic E-state index is 0. The van der Waals surface area contributed by atoms with Crippen LogP contribution in [0.2, 0.25) is 0 Å². The van der Waals surface area contributed by atoms with Gasteiger partial charge in [-0.2, -0.15) is 0 Å². The molecular formula is C10H14N2O8S2. The zero-order valence-corrected chi connectivity index (χ0v) is 13.1. The van der Waals surface area contributed by atoms with Crippen LogP contribution in [0.3, 0.4) is 0 Å². The van der Waals surface area contributed by atoms with E-state index < -0.39 is 41.5 Å². The molecule has 124 valence electrons. The van der Waals surface area contributed by atoms with Crippen LogP contribution in [0.1, 0.15) is 0 Å². The van der Waals surface area contributed by atoms with Crippen molar-refractivity contribution < 1.29 is 36.2 Å². The molecule has 12 heteroatoms. The summed E-state index contributed by atoms with van der Waals surface area (Å²) >= 11 is 0. The van der Waals surface area contributed by atoms with Crippen LogP contribution in [0, 0.1) is 0 Å². The normalized spacial score (nSPS) is 11.5. The standard InChI is InChI=1S/C10H8O8S2.2H3N/c11-7-5-3-1-2-4-6(5)8(12)10(20(16,17)18)9(7)19(13,14)15;;/h1-4,11-12H,(H,13,14,15)(H,16,17,18);2*1H3. The van der Waals surface area contributed by atoms with Gasteiger partial charge >= 0.3 is 0 Å². The summed E-state index contributed by atoms with van der Waals surface area (Å²) in [4.78, 5) is -3.30. The SMILES string of the molecule is O=S(=O)([O-])c1c(S(=O)(=O)[O-])c(O)c2ccccc2c1O.[NH4+].[NH4+]. The Bertz CT molecular complexity index is 845. The Morgan fingerprint density at radius 1 is 0.727 bits per heavy atom. The van der Waals surface area contributed by atoms with E-state index >= 15 is 0 Å². The minimum Gasteiger partial charge on any atom is -0.744 e. The molecule has 2 aromatic rings. The van der Waals surface area contributed by atoms with Gasteiger partial charge in [0.05, 0.1) is 0 Å². The number of quaternary nitrogens is 2. The first-order valence-corrected chi connectivity index (χ1v) is 7.75. The van der Waals surface area contributed by atoms with Gasteiger partial charge in [-0.1, -0.05) is 24.3 Å². The molecule has 0 aromatic heterocycles. The lowest BCUT2D eigenvalue weighted by molar-refractivity contribution is 0.406. The molecule has 0 atom stereocenters. The molecule has 0 aliphatic carbocycles. The Labute approximate surface area is 125 Å². The lowest BCUT2D eigenvalue weighted by Crippen LogP contribution is -2.10. The molecule has 0 bridgehead atoms. The third-order valence-electron chi connectivity index (χ3n) is 2.57. The number of phenolic OH excluding ortho intramolecular Hbond substituents is 2. The van der Waals surface area contributed by atoms with Crippen molar-refractivity contribution in [2.45, 2.75) is 9.79 Å². The quantitative estimate of drug-likeness (QED) is 0.444. The first kappa shape index (κ1) is 20.0. The fraction of sp³-hybridized carbons (Fsp3) is 0. The second kappa shape index (κ2) is 6.04. The van der Waals surface area contributed by atoms with E-state index in [1.54, 1.807) is 0 Å². The summed E-state index contributed by atoms with van der Waals surface area (Å²) in [5.41, 5.74) is 0. The lowest BCUT2D eigenvalue weighted by atomic mass is 10.1. The van der Waals surface area contributed by atoms with Gasteiger partial charge in [0.1, 0.15) is 41.5 Å². The fourth-order valence-electron chi connectivity index (χ4n) is 1.82. The highest BCUT2D eigenvalue weighted by molar-refractivity contribution is 7.89. The van der Waals surface area contributed by atoms with Gasteiger partial charge in [-0.15, -0.1) is 0 Å².